The number of hydrogen-bond donors (Lipinski definition) is 2. The van der Waals surface area contributed by atoms with Crippen molar-refractivity contribution in [3.8, 4) is 0 Å². The van der Waals surface area contributed by atoms with Crippen LogP contribution in [0.5, 0.6) is 0 Å². The summed E-state index contributed by atoms with van der Waals surface area (Å²) in [6.07, 6.45) is 1.43. The summed E-state index contributed by atoms with van der Waals surface area (Å²) in [6.45, 7) is 11.6. The second kappa shape index (κ2) is 6.09. The van der Waals surface area contributed by atoms with Gasteiger partial charge in [-0.2, -0.15) is 0 Å². The van der Waals surface area contributed by atoms with Gasteiger partial charge in [-0.1, -0.05) is 0 Å². The molecule has 19 heavy (non-hydrogen) atoms. The number of ether oxygens (including phenoxy) is 1. The van der Waals surface area contributed by atoms with Crippen LogP contribution in [0.25, 0.3) is 0 Å². The van der Waals surface area contributed by atoms with E-state index in [1.54, 1.807) is 13.8 Å². The Bertz CT molecular complexity index is 305. The minimum absolute atomic E-state index is 0.0848. The van der Waals surface area contributed by atoms with Crippen LogP contribution in [0, 0.1) is 0 Å². The van der Waals surface area contributed by atoms with Crippen molar-refractivity contribution in [1.29, 1.82) is 0 Å². The number of carbonyl (C=O) groups excluding carboxylic acids is 1. The van der Waals surface area contributed by atoms with E-state index in [1.165, 1.54) is 0 Å². The van der Waals surface area contributed by atoms with Gasteiger partial charge in [-0.3, -0.25) is 4.90 Å². The second-order valence-electron chi connectivity index (χ2n) is 7.09. The molecule has 5 heteroatoms. The third-order valence-electron chi connectivity index (χ3n) is 2.82. The number of nitrogens with zero attached hydrogens (tertiary/aromatic N) is 1. The Morgan fingerprint density at radius 1 is 1.37 bits per heavy atom. The second-order valence-corrected chi connectivity index (χ2v) is 7.09. The number of β-amino-alcohol motifs (C(OH)–C–C–N with tert-alkyl or cyclic N) is 1. The molecule has 1 amide bonds. The van der Waals surface area contributed by atoms with Crippen molar-refractivity contribution in [1.82, 2.24) is 10.2 Å². The number of aliphatic hydroxyl groups is 1. The van der Waals surface area contributed by atoms with E-state index in [1.807, 2.05) is 20.8 Å². The minimum Gasteiger partial charge on any atom is -0.445 e. The molecular weight excluding hydrogens is 244 g/mol. The van der Waals surface area contributed by atoms with Crippen molar-refractivity contribution >= 4 is 6.09 Å². The van der Waals surface area contributed by atoms with Gasteiger partial charge >= 0.3 is 6.09 Å². The Morgan fingerprint density at radius 3 is 2.53 bits per heavy atom. The summed E-state index contributed by atoms with van der Waals surface area (Å²) in [5, 5.41) is 12.6. The highest BCUT2D eigenvalue weighted by Gasteiger charge is 2.27. The quantitative estimate of drug-likeness (QED) is 0.821. The number of rotatable bonds is 3. The molecule has 1 aliphatic rings. The Balaban J connectivity index is 2.41. The molecule has 1 saturated heterocycles. The Hall–Kier alpha value is -0.810. The molecule has 5 nitrogen and oxygen atoms in total. The van der Waals surface area contributed by atoms with Gasteiger partial charge in [0, 0.05) is 18.6 Å². The van der Waals surface area contributed by atoms with Crippen molar-refractivity contribution in [3.63, 3.8) is 0 Å². The van der Waals surface area contributed by atoms with Crippen molar-refractivity contribution in [2.24, 2.45) is 0 Å². The average molecular weight is 272 g/mol. The summed E-state index contributed by atoms with van der Waals surface area (Å²) in [5.41, 5.74) is -0.992. The van der Waals surface area contributed by atoms with Crippen molar-refractivity contribution < 1.29 is 14.6 Å². The third-order valence-corrected chi connectivity index (χ3v) is 2.82. The molecule has 0 spiro atoms. The van der Waals surface area contributed by atoms with Gasteiger partial charge in [-0.15, -0.1) is 0 Å². The number of hydrogen-bond acceptors (Lipinski definition) is 4. The molecule has 0 radical (unpaired) electrons. The third kappa shape index (κ3) is 7.38. The van der Waals surface area contributed by atoms with Gasteiger partial charge in [0.2, 0.25) is 0 Å². The first-order valence-electron chi connectivity index (χ1n) is 6.99. The van der Waals surface area contributed by atoms with Crippen LogP contribution >= 0.6 is 0 Å². The maximum atomic E-state index is 11.7. The van der Waals surface area contributed by atoms with Crippen LogP contribution < -0.4 is 5.32 Å². The predicted molar refractivity (Wildman–Crippen MR) is 75.1 cm³/mol. The van der Waals surface area contributed by atoms with E-state index in [2.05, 4.69) is 10.2 Å². The summed E-state index contributed by atoms with van der Waals surface area (Å²) in [6, 6.07) is 0. The fourth-order valence-electron chi connectivity index (χ4n) is 2.29. The highest BCUT2D eigenvalue weighted by molar-refractivity contribution is 5.68. The van der Waals surface area contributed by atoms with Crippen LogP contribution in [0.15, 0.2) is 0 Å². The van der Waals surface area contributed by atoms with Gasteiger partial charge in [0.1, 0.15) is 6.10 Å². The molecule has 0 aromatic carbocycles. The van der Waals surface area contributed by atoms with E-state index in [4.69, 9.17) is 4.74 Å². The number of likely N-dealkylation sites (tertiary alicyclic amines) is 1. The molecule has 2 N–H and O–H groups in total. The molecule has 0 aromatic heterocycles. The molecular formula is C14H28N2O3. The molecule has 1 fully saturated rings. The van der Waals surface area contributed by atoms with Gasteiger partial charge in [0.05, 0.1) is 5.60 Å². The zero-order valence-electron chi connectivity index (χ0n) is 12.8. The lowest BCUT2D eigenvalue weighted by Crippen LogP contribution is -2.48. The van der Waals surface area contributed by atoms with E-state index >= 15 is 0 Å². The molecule has 0 saturated carbocycles. The summed E-state index contributed by atoms with van der Waals surface area (Å²) in [7, 11) is 0. The summed E-state index contributed by atoms with van der Waals surface area (Å²) < 4.78 is 5.44. The van der Waals surface area contributed by atoms with Crippen LogP contribution in [0.3, 0.4) is 0 Å². The van der Waals surface area contributed by atoms with Crippen molar-refractivity contribution in [3.05, 3.63) is 0 Å². The van der Waals surface area contributed by atoms with Gasteiger partial charge in [-0.25, -0.2) is 4.79 Å². The summed E-state index contributed by atoms with van der Waals surface area (Å²) in [4.78, 5) is 13.9. The predicted octanol–water partition coefficient (Wildman–Crippen LogP) is 1.75. The minimum atomic E-state index is -0.713. The van der Waals surface area contributed by atoms with E-state index in [0.29, 0.717) is 13.1 Å². The molecule has 1 aliphatic heterocycles. The average Bonchev–Trinajstić information content (AvgIpc) is 2.11. The normalized spacial score (nSPS) is 22.1. The van der Waals surface area contributed by atoms with Gasteiger partial charge in [-0.05, 0) is 54.0 Å². The van der Waals surface area contributed by atoms with Crippen LogP contribution in [0.2, 0.25) is 0 Å². The Labute approximate surface area is 116 Å². The highest BCUT2D eigenvalue weighted by Crippen LogP contribution is 2.16. The molecule has 1 atom stereocenters. The summed E-state index contributed by atoms with van der Waals surface area (Å²) in [5.74, 6) is 0. The largest absolute Gasteiger partial charge is 0.445 e. The van der Waals surface area contributed by atoms with Crippen LogP contribution in [-0.2, 0) is 4.74 Å². The molecule has 112 valence electrons. The highest BCUT2D eigenvalue weighted by atomic mass is 16.6. The van der Waals surface area contributed by atoms with Crippen LogP contribution in [0.1, 0.15) is 47.5 Å². The smallest absolute Gasteiger partial charge is 0.407 e. The lowest BCUT2D eigenvalue weighted by Gasteiger charge is -2.35. The van der Waals surface area contributed by atoms with E-state index in [0.717, 1.165) is 19.4 Å². The standard InChI is InChI=1S/C14H28N2O3/c1-13(2,3)15-12(17)19-11-7-6-8-16(9-11)10-14(4,5)18/h11,18H,6-10H2,1-5H3,(H,15,17)/t11-/m1/s1. The fraction of sp³-hybridized carbons (Fsp3) is 0.929. The Kier molecular flexibility index (Phi) is 5.21. The first-order valence-corrected chi connectivity index (χ1v) is 6.99. The first-order chi connectivity index (χ1) is 8.55. The van der Waals surface area contributed by atoms with E-state index in [9.17, 15) is 9.90 Å². The maximum Gasteiger partial charge on any atom is 0.407 e. The topological polar surface area (TPSA) is 61.8 Å². The Morgan fingerprint density at radius 2 is 2.00 bits per heavy atom. The molecule has 1 heterocycles. The van der Waals surface area contributed by atoms with Gasteiger partial charge in [0.15, 0.2) is 0 Å². The zero-order valence-corrected chi connectivity index (χ0v) is 12.8. The maximum absolute atomic E-state index is 11.7. The van der Waals surface area contributed by atoms with Crippen LogP contribution in [0.4, 0.5) is 4.79 Å². The molecule has 0 aliphatic carbocycles. The number of carbonyl (C=O) groups is 1. The summed E-state index contributed by atoms with van der Waals surface area (Å²) >= 11 is 0. The molecule has 0 unspecified atom stereocenters. The number of piperidine rings is 1. The van der Waals surface area contributed by atoms with E-state index in [-0.39, 0.29) is 17.7 Å². The van der Waals surface area contributed by atoms with E-state index < -0.39 is 5.60 Å². The molecule has 0 aromatic rings. The zero-order chi connectivity index (χ0) is 14.7. The molecule has 1 rings (SSSR count). The van der Waals surface area contributed by atoms with Crippen LogP contribution in [-0.4, -0.2) is 53.0 Å². The van der Waals surface area contributed by atoms with Gasteiger partial charge < -0.3 is 15.2 Å². The van der Waals surface area contributed by atoms with Gasteiger partial charge in [0.25, 0.3) is 0 Å². The van der Waals surface area contributed by atoms with Crippen molar-refractivity contribution in [2.45, 2.75) is 64.7 Å². The van der Waals surface area contributed by atoms with Crippen molar-refractivity contribution in [2.75, 3.05) is 19.6 Å². The molecule has 0 bridgehead atoms. The lowest BCUT2D eigenvalue weighted by molar-refractivity contribution is -0.00556. The number of alkyl carbamates (subject to hydrolysis) is 1. The first kappa shape index (κ1) is 16.2. The monoisotopic (exact) mass is 272 g/mol. The SMILES string of the molecule is CC(C)(O)CN1CCC[C@@H](OC(=O)NC(C)(C)C)C1. The number of nitrogens with one attached hydrogen (secondary N) is 1. The fourth-order valence-corrected chi connectivity index (χ4v) is 2.29. The number of amides is 1. The lowest BCUT2D eigenvalue weighted by atomic mass is 10.0.